The zero-order chi connectivity index (χ0) is 11.7. The first-order valence-electron chi connectivity index (χ1n) is 4.48. The predicted octanol–water partition coefficient (Wildman–Crippen LogP) is 3.18. The zero-order valence-electron chi connectivity index (χ0n) is 8.12. The number of rotatable bonds is 2. The Bertz CT molecular complexity index is 525. The highest BCUT2D eigenvalue weighted by atomic mass is 79.9. The number of hydrogen-bond donors (Lipinski definition) is 1. The summed E-state index contributed by atoms with van der Waals surface area (Å²) in [4.78, 5) is 0. The molecule has 1 aromatic carbocycles. The fraction of sp³-hybridized carbons (Fsp3) is 0.100. The van der Waals surface area contributed by atoms with E-state index in [1.807, 2.05) is 6.07 Å². The van der Waals surface area contributed by atoms with Crippen LogP contribution in [-0.4, -0.2) is 9.78 Å². The van der Waals surface area contributed by atoms with Crippen molar-refractivity contribution in [2.24, 2.45) is 0 Å². The van der Waals surface area contributed by atoms with Gasteiger partial charge in [0.1, 0.15) is 11.6 Å². The van der Waals surface area contributed by atoms with E-state index >= 15 is 0 Å². The van der Waals surface area contributed by atoms with Crippen LogP contribution in [0.2, 0.25) is 0 Å². The lowest BCUT2D eigenvalue weighted by atomic mass is 10.2. The van der Waals surface area contributed by atoms with Gasteiger partial charge in [-0.3, -0.25) is 0 Å². The number of nitrogens with zero attached hydrogens (tertiary/aromatic N) is 2. The highest BCUT2D eigenvalue weighted by Crippen LogP contribution is 2.21. The van der Waals surface area contributed by atoms with Gasteiger partial charge in [-0.25, -0.2) is 9.07 Å². The van der Waals surface area contributed by atoms with Crippen molar-refractivity contribution in [3.05, 3.63) is 44.7 Å². The van der Waals surface area contributed by atoms with Crippen molar-refractivity contribution in [3.8, 4) is 0 Å². The van der Waals surface area contributed by atoms with Gasteiger partial charge in [0.2, 0.25) is 0 Å². The molecule has 1 heterocycles. The van der Waals surface area contributed by atoms with Crippen LogP contribution in [-0.2, 0) is 6.54 Å². The van der Waals surface area contributed by atoms with E-state index in [-0.39, 0.29) is 5.82 Å². The van der Waals surface area contributed by atoms with E-state index in [0.717, 1.165) is 10.0 Å². The smallest absolute Gasteiger partial charge is 0.137 e. The van der Waals surface area contributed by atoms with Crippen molar-refractivity contribution in [1.29, 1.82) is 0 Å². The van der Waals surface area contributed by atoms with Gasteiger partial charge in [0, 0.05) is 0 Å². The van der Waals surface area contributed by atoms with E-state index in [1.165, 1.54) is 6.07 Å². The molecule has 1 aromatic heterocycles. The second-order valence-electron chi connectivity index (χ2n) is 3.28. The lowest BCUT2D eigenvalue weighted by molar-refractivity contribution is 0.614. The molecule has 0 aliphatic rings. The molecule has 16 heavy (non-hydrogen) atoms. The fourth-order valence-corrected chi connectivity index (χ4v) is 1.85. The number of anilines is 1. The molecular formula is C10H8Br2FN3. The number of nitrogens with two attached hydrogens (primary N) is 1. The summed E-state index contributed by atoms with van der Waals surface area (Å²) in [6.45, 7) is 0.446. The highest BCUT2D eigenvalue weighted by Gasteiger charge is 2.06. The van der Waals surface area contributed by atoms with E-state index in [1.54, 1.807) is 16.9 Å². The Morgan fingerprint density at radius 3 is 2.62 bits per heavy atom. The maximum absolute atomic E-state index is 13.3. The van der Waals surface area contributed by atoms with E-state index in [0.29, 0.717) is 16.8 Å². The van der Waals surface area contributed by atoms with Crippen molar-refractivity contribution in [2.75, 3.05) is 5.73 Å². The first kappa shape index (κ1) is 11.6. The molecule has 0 bridgehead atoms. The lowest BCUT2D eigenvalue weighted by Crippen LogP contribution is -2.06. The standard InChI is InChI=1S/C10H8Br2FN3/c11-7-2-1-6(3-9(7)13)5-16-10(14)8(12)4-15-16/h1-4H,5,14H2. The normalized spacial score (nSPS) is 10.7. The topological polar surface area (TPSA) is 43.8 Å². The summed E-state index contributed by atoms with van der Waals surface area (Å²) in [5, 5.41) is 4.07. The van der Waals surface area contributed by atoms with E-state index in [4.69, 9.17) is 5.73 Å². The number of aromatic nitrogens is 2. The van der Waals surface area contributed by atoms with Crippen LogP contribution < -0.4 is 5.73 Å². The average molecular weight is 349 g/mol. The van der Waals surface area contributed by atoms with Crippen molar-refractivity contribution in [3.63, 3.8) is 0 Å². The van der Waals surface area contributed by atoms with E-state index < -0.39 is 0 Å². The lowest BCUT2D eigenvalue weighted by Gasteiger charge is -2.05. The van der Waals surface area contributed by atoms with Crippen LogP contribution in [0.1, 0.15) is 5.56 Å². The van der Waals surface area contributed by atoms with Crippen LogP contribution in [0.5, 0.6) is 0 Å². The summed E-state index contributed by atoms with van der Waals surface area (Å²) in [7, 11) is 0. The predicted molar refractivity (Wildman–Crippen MR) is 67.5 cm³/mol. The van der Waals surface area contributed by atoms with Gasteiger partial charge < -0.3 is 5.73 Å². The second-order valence-corrected chi connectivity index (χ2v) is 4.99. The Balaban J connectivity index is 2.27. The largest absolute Gasteiger partial charge is 0.383 e. The van der Waals surface area contributed by atoms with Crippen LogP contribution in [0.3, 0.4) is 0 Å². The van der Waals surface area contributed by atoms with Gasteiger partial charge in [0.15, 0.2) is 0 Å². The summed E-state index contributed by atoms with van der Waals surface area (Å²) < 4.78 is 16.1. The first-order valence-corrected chi connectivity index (χ1v) is 6.07. The SMILES string of the molecule is Nc1c(Br)cnn1Cc1ccc(Br)c(F)c1. The van der Waals surface area contributed by atoms with Crippen LogP contribution in [0.25, 0.3) is 0 Å². The van der Waals surface area contributed by atoms with Crippen LogP contribution in [0, 0.1) is 5.82 Å². The van der Waals surface area contributed by atoms with Crippen LogP contribution >= 0.6 is 31.9 Å². The molecule has 2 aromatic rings. The Kier molecular flexibility index (Phi) is 3.30. The molecule has 0 saturated heterocycles. The van der Waals surface area contributed by atoms with E-state index in [2.05, 4.69) is 37.0 Å². The number of benzene rings is 1. The number of hydrogen-bond acceptors (Lipinski definition) is 2. The van der Waals surface area contributed by atoms with Gasteiger partial charge in [0.05, 0.1) is 21.7 Å². The minimum absolute atomic E-state index is 0.290. The molecule has 0 spiro atoms. The van der Waals surface area contributed by atoms with Crippen LogP contribution in [0.4, 0.5) is 10.2 Å². The molecule has 0 atom stereocenters. The summed E-state index contributed by atoms with van der Waals surface area (Å²) in [5.74, 6) is 0.241. The van der Waals surface area contributed by atoms with Crippen molar-refractivity contribution < 1.29 is 4.39 Å². The van der Waals surface area contributed by atoms with Gasteiger partial charge >= 0.3 is 0 Å². The molecule has 0 radical (unpaired) electrons. The quantitative estimate of drug-likeness (QED) is 0.905. The molecule has 6 heteroatoms. The number of nitrogen functional groups attached to an aromatic ring is 1. The molecule has 0 aliphatic carbocycles. The maximum Gasteiger partial charge on any atom is 0.137 e. The third kappa shape index (κ3) is 2.27. The Labute approximate surface area is 109 Å². The average Bonchev–Trinajstić information content (AvgIpc) is 2.55. The zero-order valence-corrected chi connectivity index (χ0v) is 11.3. The van der Waals surface area contributed by atoms with Crippen molar-refractivity contribution in [2.45, 2.75) is 6.54 Å². The molecule has 84 valence electrons. The molecule has 2 rings (SSSR count). The summed E-state index contributed by atoms with van der Waals surface area (Å²) >= 11 is 6.37. The second kappa shape index (κ2) is 4.55. The molecule has 0 aliphatic heterocycles. The molecule has 2 N–H and O–H groups in total. The fourth-order valence-electron chi connectivity index (χ4n) is 1.31. The molecule has 0 unspecified atom stereocenters. The minimum atomic E-state index is -0.290. The third-order valence-electron chi connectivity index (χ3n) is 2.15. The summed E-state index contributed by atoms with van der Waals surface area (Å²) in [6, 6.07) is 4.95. The van der Waals surface area contributed by atoms with Gasteiger partial charge in [-0.1, -0.05) is 6.07 Å². The van der Waals surface area contributed by atoms with Gasteiger partial charge in [-0.05, 0) is 49.6 Å². The van der Waals surface area contributed by atoms with Gasteiger partial charge in [0.25, 0.3) is 0 Å². The van der Waals surface area contributed by atoms with Crippen molar-refractivity contribution in [1.82, 2.24) is 9.78 Å². The first-order chi connectivity index (χ1) is 7.58. The van der Waals surface area contributed by atoms with Gasteiger partial charge in [-0.15, -0.1) is 0 Å². The molecule has 0 saturated carbocycles. The molecule has 3 nitrogen and oxygen atoms in total. The van der Waals surface area contributed by atoms with E-state index in [9.17, 15) is 4.39 Å². The highest BCUT2D eigenvalue weighted by molar-refractivity contribution is 9.10. The summed E-state index contributed by atoms with van der Waals surface area (Å²) in [6.07, 6.45) is 1.62. The van der Waals surface area contributed by atoms with Crippen LogP contribution in [0.15, 0.2) is 33.3 Å². The third-order valence-corrected chi connectivity index (χ3v) is 3.40. The minimum Gasteiger partial charge on any atom is -0.383 e. The summed E-state index contributed by atoms with van der Waals surface area (Å²) in [5.41, 5.74) is 6.58. The Morgan fingerprint density at radius 2 is 2.06 bits per heavy atom. The molecular weight excluding hydrogens is 341 g/mol. The van der Waals surface area contributed by atoms with Crippen molar-refractivity contribution >= 4 is 37.7 Å². The number of halogens is 3. The maximum atomic E-state index is 13.3. The van der Waals surface area contributed by atoms with Gasteiger partial charge in [-0.2, -0.15) is 5.10 Å². The molecule has 0 amide bonds. The molecule has 0 fully saturated rings. The Morgan fingerprint density at radius 1 is 1.31 bits per heavy atom. The Hall–Kier alpha value is -0.880. The monoisotopic (exact) mass is 347 g/mol.